The molecule has 10 heteroatoms. The standard InChI is InChI=1S/C18H22N6O2S2/c1-9(25)11(7-18(2,3)4)21-12-8-20-13(14(19)26)15(22-12)23-16-10-5-6-27-17(10)24-28-16/h5-6,8,11H,7H2,1-4H3,(H2,19,26)(H2,21,22,23)/t11-/m1/s1. The second kappa shape index (κ2) is 7.80. The first-order valence-corrected chi connectivity index (χ1v) is 10.3. The van der Waals surface area contributed by atoms with Crippen LogP contribution in [0.2, 0.25) is 0 Å². The minimum absolute atomic E-state index is 0.00708. The fourth-order valence-electron chi connectivity index (χ4n) is 2.69. The zero-order chi connectivity index (χ0) is 20.5. The highest BCUT2D eigenvalue weighted by atomic mass is 32.1. The summed E-state index contributed by atoms with van der Waals surface area (Å²) in [7, 11) is 0. The number of ketones is 1. The highest BCUT2D eigenvalue weighted by Gasteiger charge is 2.23. The number of carbonyl (C=O) groups is 2. The topological polar surface area (TPSA) is 123 Å². The smallest absolute Gasteiger partial charge is 0.271 e. The number of thiophene rings is 1. The average molecular weight is 419 g/mol. The summed E-state index contributed by atoms with van der Waals surface area (Å²) in [6.07, 6.45) is 2.05. The lowest BCUT2D eigenvalue weighted by Crippen LogP contribution is -2.32. The molecule has 0 aliphatic heterocycles. The number of nitrogens with one attached hydrogen (secondary N) is 2. The zero-order valence-corrected chi connectivity index (χ0v) is 17.7. The van der Waals surface area contributed by atoms with Crippen molar-refractivity contribution in [3.8, 4) is 0 Å². The lowest BCUT2D eigenvalue weighted by atomic mass is 9.87. The molecule has 3 aromatic rings. The van der Waals surface area contributed by atoms with Crippen LogP contribution in [0.25, 0.3) is 10.2 Å². The van der Waals surface area contributed by atoms with E-state index in [0.717, 1.165) is 15.2 Å². The van der Waals surface area contributed by atoms with E-state index in [1.54, 1.807) is 6.92 Å². The second-order valence-corrected chi connectivity index (χ2v) is 9.33. The van der Waals surface area contributed by atoms with E-state index in [4.69, 9.17) is 5.73 Å². The van der Waals surface area contributed by atoms with Gasteiger partial charge in [0.05, 0.1) is 12.2 Å². The van der Waals surface area contributed by atoms with Gasteiger partial charge in [0.1, 0.15) is 15.6 Å². The third kappa shape index (κ3) is 4.63. The molecule has 0 fully saturated rings. The lowest BCUT2D eigenvalue weighted by molar-refractivity contribution is -0.118. The molecule has 28 heavy (non-hydrogen) atoms. The van der Waals surface area contributed by atoms with Crippen LogP contribution in [0.4, 0.5) is 16.6 Å². The molecule has 0 bridgehead atoms. The molecular weight excluding hydrogens is 396 g/mol. The van der Waals surface area contributed by atoms with Gasteiger partial charge < -0.3 is 16.4 Å². The van der Waals surface area contributed by atoms with E-state index in [9.17, 15) is 9.59 Å². The molecule has 0 aliphatic carbocycles. The molecule has 4 N–H and O–H groups in total. The number of amides is 1. The van der Waals surface area contributed by atoms with Gasteiger partial charge in [-0.2, -0.15) is 4.37 Å². The van der Waals surface area contributed by atoms with Gasteiger partial charge in [-0.05, 0) is 41.7 Å². The minimum atomic E-state index is -0.689. The third-order valence-electron chi connectivity index (χ3n) is 3.98. The van der Waals surface area contributed by atoms with Crippen molar-refractivity contribution >= 4 is 61.4 Å². The maximum absolute atomic E-state index is 12.1. The number of Topliss-reactive ketones (excluding diaryl/α,β-unsaturated/α-hetero) is 1. The molecule has 8 nitrogen and oxygen atoms in total. The molecule has 3 rings (SSSR count). The Morgan fingerprint density at radius 1 is 1.32 bits per heavy atom. The quantitative estimate of drug-likeness (QED) is 0.533. The molecule has 0 aromatic carbocycles. The Morgan fingerprint density at radius 3 is 2.71 bits per heavy atom. The Hall–Kier alpha value is -2.59. The number of rotatable bonds is 7. The van der Waals surface area contributed by atoms with Crippen molar-refractivity contribution in [1.82, 2.24) is 14.3 Å². The first-order valence-electron chi connectivity index (χ1n) is 8.68. The molecule has 1 atom stereocenters. The molecule has 0 aliphatic rings. The van der Waals surface area contributed by atoms with Crippen LogP contribution in [0.15, 0.2) is 17.6 Å². The Morgan fingerprint density at radius 2 is 2.07 bits per heavy atom. The Bertz CT molecular complexity index is 1020. The highest BCUT2D eigenvalue weighted by molar-refractivity contribution is 7.21. The number of fused-ring (bicyclic) bond motifs is 1. The van der Waals surface area contributed by atoms with Crippen LogP contribution in [0.3, 0.4) is 0 Å². The van der Waals surface area contributed by atoms with Crippen LogP contribution in [0.5, 0.6) is 0 Å². The van der Waals surface area contributed by atoms with E-state index in [1.807, 2.05) is 11.4 Å². The Balaban J connectivity index is 1.91. The number of hydrogen-bond donors (Lipinski definition) is 3. The highest BCUT2D eigenvalue weighted by Crippen LogP contribution is 2.34. The summed E-state index contributed by atoms with van der Waals surface area (Å²) in [6.45, 7) is 7.73. The molecule has 3 heterocycles. The van der Waals surface area contributed by atoms with Crippen molar-refractivity contribution in [2.24, 2.45) is 11.1 Å². The van der Waals surface area contributed by atoms with Gasteiger partial charge in [0, 0.05) is 5.39 Å². The van der Waals surface area contributed by atoms with Crippen molar-refractivity contribution in [2.75, 3.05) is 10.6 Å². The number of primary amides is 1. The molecule has 148 valence electrons. The fourth-order valence-corrected chi connectivity index (χ4v) is 4.35. The van der Waals surface area contributed by atoms with Gasteiger partial charge in [-0.15, -0.1) is 11.3 Å². The number of carbonyl (C=O) groups excluding carboxylic acids is 2. The zero-order valence-electron chi connectivity index (χ0n) is 16.1. The van der Waals surface area contributed by atoms with Crippen LogP contribution >= 0.6 is 22.9 Å². The number of aromatic nitrogens is 3. The van der Waals surface area contributed by atoms with E-state index < -0.39 is 11.9 Å². The first-order chi connectivity index (χ1) is 13.1. The van der Waals surface area contributed by atoms with Gasteiger partial charge >= 0.3 is 0 Å². The largest absolute Gasteiger partial charge is 0.364 e. The number of anilines is 3. The Kier molecular flexibility index (Phi) is 5.61. The normalized spacial score (nSPS) is 12.7. The summed E-state index contributed by atoms with van der Waals surface area (Å²) in [5.74, 6) is -0.0616. The van der Waals surface area contributed by atoms with Crippen molar-refractivity contribution in [3.63, 3.8) is 0 Å². The van der Waals surface area contributed by atoms with Crippen LogP contribution in [-0.2, 0) is 4.79 Å². The van der Waals surface area contributed by atoms with Crippen LogP contribution in [-0.4, -0.2) is 32.1 Å². The molecule has 1 amide bonds. The maximum Gasteiger partial charge on any atom is 0.271 e. The third-order valence-corrected chi connectivity index (χ3v) is 5.68. The van der Waals surface area contributed by atoms with Crippen molar-refractivity contribution in [3.05, 3.63) is 23.3 Å². The summed E-state index contributed by atoms with van der Waals surface area (Å²) < 4.78 is 4.36. The molecule has 3 aromatic heterocycles. The van der Waals surface area contributed by atoms with Crippen LogP contribution in [0, 0.1) is 5.41 Å². The summed E-state index contributed by atoms with van der Waals surface area (Å²) in [5.41, 5.74) is 5.43. The van der Waals surface area contributed by atoms with Crippen LogP contribution in [0.1, 0.15) is 44.6 Å². The van der Waals surface area contributed by atoms with Gasteiger partial charge in [-0.25, -0.2) is 9.97 Å². The van der Waals surface area contributed by atoms with E-state index >= 15 is 0 Å². The van der Waals surface area contributed by atoms with Crippen molar-refractivity contribution in [1.29, 1.82) is 0 Å². The minimum Gasteiger partial charge on any atom is -0.364 e. The summed E-state index contributed by atoms with van der Waals surface area (Å²) >= 11 is 2.80. The number of nitrogens with two attached hydrogens (primary N) is 1. The van der Waals surface area contributed by atoms with E-state index in [1.165, 1.54) is 29.1 Å². The van der Waals surface area contributed by atoms with Gasteiger partial charge in [-0.3, -0.25) is 9.59 Å². The summed E-state index contributed by atoms with van der Waals surface area (Å²) in [4.78, 5) is 33.3. The fraction of sp³-hybridized carbons (Fsp3) is 0.389. The van der Waals surface area contributed by atoms with E-state index in [0.29, 0.717) is 12.2 Å². The molecule has 0 radical (unpaired) electrons. The lowest BCUT2D eigenvalue weighted by Gasteiger charge is -2.25. The SMILES string of the molecule is CC(=O)[C@@H](CC(C)(C)C)Nc1cnc(C(N)=O)c(Nc2snc3sccc23)n1. The van der Waals surface area contributed by atoms with Gasteiger partial charge in [0.25, 0.3) is 5.91 Å². The van der Waals surface area contributed by atoms with Gasteiger partial charge in [-0.1, -0.05) is 20.8 Å². The maximum atomic E-state index is 12.1. The van der Waals surface area contributed by atoms with Crippen LogP contribution < -0.4 is 16.4 Å². The molecular formula is C18H22N6O2S2. The Labute approximate surface area is 170 Å². The van der Waals surface area contributed by atoms with Gasteiger partial charge in [0.15, 0.2) is 17.3 Å². The second-order valence-electron chi connectivity index (χ2n) is 7.67. The monoisotopic (exact) mass is 418 g/mol. The van der Waals surface area contributed by atoms with Crippen molar-refractivity contribution < 1.29 is 9.59 Å². The number of nitrogens with zero attached hydrogens (tertiary/aromatic N) is 3. The summed E-state index contributed by atoms with van der Waals surface area (Å²) in [6, 6.07) is 1.54. The first kappa shape index (κ1) is 20.2. The predicted octanol–water partition coefficient (Wildman–Crippen LogP) is 3.80. The molecule has 0 saturated carbocycles. The molecule has 0 saturated heterocycles. The van der Waals surface area contributed by atoms with Gasteiger partial charge in [0.2, 0.25) is 0 Å². The molecule has 0 spiro atoms. The van der Waals surface area contributed by atoms with Crippen molar-refractivity contribution in [2.45, 2.75) is 40.2 Å². The molecule has 0 unspecified atom stereocenters. The average Bonchev–Trinajstić information content (AvgIpc) is 3.18. The predicted molar refractivity (Wildman–Crippen MR) is 113 cm³/mol. The number of hydrogen-bond acceptors (Lipinski definition) is 9. The van der Waals surface area contributed by atoms with E-state index in [-0.39, 0.29) is 22.7 Å². The van der Waals surface area contributed by atoms with E-state index in [2.05, 4.69) is 45.7 Å². The summed E-state index contributed by atoms with van der Waals surface area (Å²) in [5, 5.41) is 9.89.